The van der Waals surface area contributed by atoms with Crippen LogP contribution in [-0.2, 0) is 13.2 Å². The first-order valence-corrected chi connectivity index (χ1v) is 9.04. The summed E-state index contributed by atoms with van der Waals surface area (Å²) >= 11 is 0. The highest BCUT2D eigenvalue weighted by Gasteiger charge is 2.18. The zero-order valence-electron chi connectivity index (χ0n) is 15.1. The van der Waals surface area contributed by atoms with Crippen LogP contribution in [0.3, 0.4) is 0 Å². The minimum atomic E-state index is -0.468. The first-order chi connectivity index (χ1) is 12.7. The molecule has 0 unspecified atom stereocenters. The number of aliphatic hydroxyl groups excluding tert-OH is 1. The van der Waals surface area contributed by atoms with Crippen molar-refractivity contribution in [3.05, 3.63) is 102 Å². The SMILES string of the molecule is C[C@@H]([NH2+]Cc1ccc(OCc2ccccc2)cc1)[C@H](O)c1ccccc1. The first kappa shape index (κ1) is 18.2. The summed E-state index contributed by atoms with van der Waals surface area (Å²) in [7, 11) is 0. The maximum Gasteiger partial charge on any atom is 0.130 e. The summed E-state index contributed by atoms with van der Waals surface area (Å²) in [4.78, 5) is 0. The monoisotopic (exact) mass is 348 g/mol. The fourth-order valence-corrected chi connectivity index (χ4v) is 2.87. The molecule has 3 nitrogen and oxygen atoms in total. The molecule has 3 rings (SSSR count). The van der Waals surface area contributed by atoms with Crippen molar-refractivity contribution in [3.8, 4) is 5.75 Å². The molecule has 0 saturated heterocycles. The summed E-state index contributed by atoms with van der Waals surface area (Å²) in [6, 6.07) is 28.2. The van der Waals surface area contributed by atoms with Gasteiger partial charge in [-0.1, -0.05) is 60.7 Å². The standard InChI is InChI=1S/C23H25NO2/c1-18(23(25)21-10-6-3-7-11-21)24-16-19-12-14-22(15-13-19)26-17-20-8-4-2-5-9-20/h2-15,18,23-25H,16-17H2,1H3/p+1/t18-,23+/m1/s1. The second-order valence-electron chi connectivity index (χ2n) is 6.57. The largest absolute Gasteiger partial charge is 0.489 e. The van der Waals surface area contributed by atoms with Gasteiger partial charge in [-0.15, -0.1) is 0 Å². The predicted octanol–water partition coefficient (Wildman–Crippen LogP) is 3.45. The maximum absolute atomic E-state index is 10.4. The van der Waals surface area contributed by atoms with Crippen LogP contribution < -0.4 is 10.1 Å². The van der Waals surface area contributed by atoms with Crippen LogP contribution in [0.15, 0.2) is 84.9 Å². The second-order valence-corrected chi connectivity index (χ2v) is 6.57. The smallest absolute Gasteiger partial charge is 0.130 e. The highest BCUT2D eigenvalue weighted by atomic mass is 16.5. The number of hydrogen-bond donors (Lipinski definition) is 2. The van der Waals surface area contributed by atoms with Gasteiger partial charge in [-0.3, -0.25) is 0 Å². The summed E-state index contributed by atoms with van der Waals surface area (Å²) in [5.41, 5.74) is 3.33. The van der Waals surface area contributed by atoms with Crippen molar-refractivity contribution in [2.75, 3.05) is 0 Å². The van der Waals surface area contributed by atoms with Gasteiger partial charge in [0.1, 0.15) is 31.0 Å². The third-order valence-corrected chi connectivity index (χ3v) is 4.54. The van der Waals surface area contributed by atoms with Crippen LogP contribution in [0, 0.1) is 0 Å². The van der Waals surface area contributed by atoms with Gasteiger partial charge in [0.2, 0.25) is 0 Å². The van der Waals surface area contributed by atoms with Crippen molar-refractivity contribution < 1.29 is 15.2 Å². The van der Waals surface area contributed by atoms with Crippen molar-refractivity contribution in [3.63, 3.8) is 0 Å². The van der Waals surface area contributed by atoms with Crippen LogP contribution in [-0.4, -0.2) is 11.1 Å². The molecule has 134 valence electrons. The summed E-state index contributed by atoms with van der Waals surface area (Å²) in [6.45, 7) is 3.45. The summed E-state index contributed by atoms with van der Waals surface area (Å²) < 4.78 is 5.82. The van der Waals surface area contributed by atoms with E-state index in [1.807, 2.05) is 60.7 Å². The minimum absolute atomic E-state index is 0.0893. The molecule has 2 atom stereocenters. The molecule has 0 amide bonds. The van der Waals surface area contributed by atoms with E-state index in [0.29, 0.717) is 6.61 Å². The Bertz CT molecular complexity index is 772. The average molecular weight is 348 g/mol. The van der Waals surface area contributed by atoms with Crippen LogP contribution in [0.25, 0.3) is 0 Å². The van der Waals surface area contributed by atoms with Gasteiger partial charge in [-0.25, -0.2) is 0 Å². The van der Waals surface area contributed by atoms with Crippen LogP contribution >= 0.6 is 0 Å². The second kappa shape index (κ2) is 9.18. The molecule has 3 aromatic carbocycles. The van der Waals surface area contributed by atoms with Crippen LogP contribution in [0.1, 0.15) is 29.7 Å². The molecular weight excluding hydrogens is 322 g/mol. The fraction of sp³-hybridized carbons (Fsp3) is 0.217. The number of hydrogen-bond acceptors (Lipinski definition) is 2. The molecule has 0 heterocycles. The van der Waals surface area contributed by atoms with E-state index in [1.165, 1.54) is 5.56 Å². The van der Waals surface area contributed by atoms with Crippen molar-refractivity contribution >= 4 is 0 Å². The Labute approximate surface area is 155 Å². The number of nitrogens with two attached hydrogens (primary N) is 1. The van der Waals surface area contributed by atoms with Gasteiger partial charge in [0.05, 0.1) is 0 Å². The number of rotatable bonds is 8. The molecule has 0 fully saturated rings. The Morgan fingerprint density at radius 1 is 0.808 bits per heavy atom. The van der Waals surface area contributed by atoms with E-state index in [-0.39, 0.29) is 6.04 Å². The average Bonchev–Trinajstić information content (AvgIpc) is 2.72. The molecule has 3 aromatic rings. The van der Waals surface area contributed by atoms with Crippen molar-refractivity contribution in [1.29, 1.82) is 0 Å². The highest BCUT2D eigenvalue weighted by molar-refractivity contribution is 5.27. The van der Waals surface area contributed by atoms with Gasteiger partial charge in [-0.05, 0) is 42.3 Å². The highest BCUT2D eigenvalue weighted by Crippen LogP contribution is 2.15. The molecule has 26 heavy (non-hydrogen) atoms. The zero-order valence-corrected chi connectivity index (χ0v) is 15.1. The van der Waals surface area contributed by atoms with E-state index in [0.717, 1.165) is 23.4 Å². The molecule has 0 spiro atoms. The first-order valence-electron chi connectivity index (χ1n) is 9.04. The number of ether oxygens (including phenoxy) is 1. The summed E-state index contributed by atoms with van der Waals surface area (Å²) in [6.07, 6.45) is -0.468. The molecular formula is C23H26NO2+. The molecule has 0 aliphatic rings. The van der Waals surface area contributed by atoms with E-state index >= 15 is 0 Å². The lowest BCUT2D eigenvalue weighted by Gasteiger charge is -2.18. The molecule has 0 saturated carbocycles. The minimum Gasteiger partial charge on any atom is -0.489 e. The van der Waals surface area contributed by atoms with E-state index in [2.05, 4.69) is 36.5 Å². The lowest BCUT2D eigenvalue weighted by molar-refractivity contribution is -0.709. The number of benzene rings is 3. The molecule has 3 N–H and O–H groups in total. The topological polar surface area (TPSA) is 46.1 Å². The normalized spacial score (nSPS) is 13.2. The van der Waals surface area contributed by atoms with E-state index in [9.17, 15) is 5.11 Å². The fourth-order valence-electron chi connectivity index (χ4n) is 2.87. The Hall–Kier alpha value is -2.62. The van der Waals surface area contributed by atoms with Gasteiger partial charge >= 0.3 is 0 Å². The van der Waals surface area contributed by atoms with Gasteiger partial charge < -0.3 is 15.2 Å². The zero-order chi connectivity index (χ0) is 18.2. The van der Waals surface area contributed by atoms with Crippen molar-refractivity contribution in [1.82, 2.24) is 0 Å². The summed E-state index contributed by atoms with van der Waals surface area (Å²) in [5.74, 6) is 0.870. The van der Waals surface area contributed by atoms with Gasteiger partial charge in [0.15, 0.2) is 0 Å². The predicted molar refractivity (Wildman–Crippen MR) is 104 cm³/mol. The summed E-state index contributed by atoms with van der Waals surface area (Å²) in [5, 5.41) is 12.6. The van der Waals surface area contributed by atoms with Gasteiger partial charge in [0, 0.05) is 5.56 Å². The van der Waals surface area contributed by atoms with Crippen LogP contribution in [0.5, 0.6) is 5.75 Å². The lowest BCUT2D eigenvalue weighted by Crippen LogP contribution is -2.88. The Balaban J connectivity index is 1.48. The Kier molecular flexibility index (Phi) is 6.42. The molecule has 0 radical (unpaired) electrons. The molecule has 0 aromatic heterocycles. The molecule has 0 bridgehead atoms. The van der Waals surface area contributed by atoms with Crippen molar-refractivity contribution in [2.24, 2.45) is 0 Å². The van der Waals surface area contributed by atoms with Crippen molar-refractivity contribution in [2.45, 2.75) is 32.2 Å². The van der Waals surface area contributed by atoms with Crippen LogP contribution in [0.4, 0.5) is 0 Å². The van der Waals surface area contributed by atoms with E-state index < -0.39 is 6.10 Å². The van der Waals surface area contributed by atoms with E-state index in [1.54, 1.807) is 0 Å². The van der Waals surface area contributed by atoms with Gasteiger partial charge in [0.25, 0.3) is 0 Å². The Morgan fingerprint density at radius 3 is 2.08 bits per heavy atom. The quantitative estimate of drug-likeness (QED) is 0.655. The third kappa shape index (κ3) is 5.19. The number of aliphatic hydroxyl groups is 1. The molecule has 3 heteroatoms. The number of quaternary nitrogens is 1. The van der Waals surface area contributed by atoms with Crippen LogP contribution in [0.2, 0.25) is 0 Å². The van der Waals surface area contributed by atoms with Gasteiger partial charge in [-0.2, -0.15) is 0 Å². The molecule has 0 aliphatic heterocycles. The van der Waals surface area contributed by atoms with E-state index in [4.69, 9.17) is 4.74 Å². The molecule has 0 aliphatic carbocycles. The maximum atomic E-state index is 10.4. The lowest BCUT2D eigenvalue weighted by atomic mass is 10.0. The third-order valence-electron chi connectivity index (χ3n) is 4.54. The Morgan fingerprint density at radius 2 is 1.42 bits per heavy atom.